The van der Waals surface area contributed by atoms with Crippen LogP contribution in [0.3, 0.4) is 0 Å². The predicted molar refractivity (Wildman–Crippen MR) is 64.7 cm³/mol. The van der Waals surface area contributed by atoms with Crippen molar-refractivity contribution in [2.45, 2.75) is 38.2 Å². The summed E-state index contributed by atoms with van der Waals surface area (Å²) in [5, 5.41) is 7.42. The van der Waals surface area contributed by atoms with Crippen LogP contribution in [0.2, 0.25) is 0 Å². The number of nitrogens with two attached hydrogens (primary N) is 1. The first-order chi connectivity index (χ1) is 7.75. The first kappa shape index (κ1) is 11.9. The second-order valence-electron chi connectivity index (χ2n) is 5.08. The molecule has 1 aliphatic heterocycles. The van der Waals surface area contributed by atoms with Gasteiger partial charge in [-0.25, -0.2) is 0 Å². The molecule has 3 N–H and O–H groups in total. The van der Waals surface area contributed by atoms with Crippen molar-refractivity contribution in [3.05, 3.63) is 0 Å². The Labute approximate surface area is 97.6 Å². The number of rotatable bonds is 3. The van der Waals surface area contributed by atoms with E-state index in [0.29, 0.717) is 0 Å². The van der Waals surface area contributed by atoms with E-state index in [1.807, 2.05) is 0 Å². The maximum absolute atomic E-state index is 7.42. The highest BCUT2D eigenvalue weighted by atomic mass is 16.5. The summed E-state index contributed by atoms with van der Waals surface area (Å²) in [5.74, 6) is 1.04. The quantitative estimate of drug-likeness (QED) is 0.560. The van der Waals surface area contributed by atoms with Crippen molar-refractivity contribution in [1.82, 2.24) is 4.90 Å². The van der Waals surface area contributed by atoms with Crippen LogP contribution in [0, 0.1) is 11.3 Å². The molecule has 1 saturated carbocycles. The first-order valence-electron chi connectivity index (χ1n) is 6.43. The molecule has 0 spiro atoms. The van der Waals surface area contributed by atoms with E-state index in [1.165, 1.54) is 38.6 Å². The lowest BCUT2D eigenvalue weighted by atomic mass is 9.89. The highest BCUT2D eigenvalue weighted by Crippen LogP contribution is 2.24. The van der Waals surface area contributed by atoms with Crippen molar-refractivity contribution in [1.29, 1.82) is 5.41 Å². The van der Waals surface area contributed by atoms with Gasteiger partial charge < -0.3 is 10.5 Å². The summed E-state index contributed by atoms with van der Waals surface area (Å²) in [6, 6.07) is 0. The Morgan fingerprint density at radius 2 is 2.06 bits per heavy atom. The molecular formula is C12H23N3O. The molecule has 0 radical (unpaired) electrons. The lowest BCUT2D eigenvalue weighted by Crippen LogP contribution is -2.49. The van der Waals surface area contributed by atoms with Gasteiger partial charge in [0.25, 0.3) is 0 Å². The lowest BCUT2D eigenvalue weighted by Gasteiger charge is -2.35. The zero-order valence-electron chi connectivity index (χ0n) is 9.95. The monoisotopic (exact) mass is 225 g/mol. The van der Waals surface area contributed by atoms with Gasteiger partial charge in [-0.15, -0.1) is 0 Å². The fourth-order valence-corrected chi connectivity index (χ4v) is 2.79. The van der Waals surface area contributed by atoms with Gasteiger partial charge in [0.1, 0.15) is 11.9 Å². The number of morpholine rings is 1. The minimum Gasteiger partial charge on any atom is -0.385 e. The molecule has 1 saturated heterocycles. The van der Waals surface area contributed by atoms with Crippen molar-refractivity contribution < 1.29 is 4.74 Å². The Kier molecular flexibility index (Phi) is 4.18. The third-order valence-corrected chi connectivity index (χ3v) is 3.74. The molecular weight excluding hydrogens is 202 g/mol. The van der Waals surface area contributed by atoms with Crippen molar-refractivity contribution >= 4 is 5.84 Å². The predicted octanol–water partition coefficient (Wildman–Crippen LogP) is 1.20. The van der Waals surface area contributed by atoms with Gasteiger partial charge in [0.15, 0.2) is 0 Å². The minimum absolute atomic E-state index is 0.169. The zero-order valence-corrected chi connectivity index (χ0v) is 9.95. The second-order valence-corrected chi connectivity index (χ2v) is 5.08. The van der Waals surface area contributed by atoms with Crippen LogP contribution < -0.4 is 5.73 Å². The number of hydrogen-bond acceptors (Lipinski definition) is 3. The highest BCUT2D eigenvalue weighted by Gasteiger charge is 2.25. The average Bonchev–Trinajstić information content (AvgIpc) is 2.30. The Bertz CT molecular complexity index is 238. The van der Waals surface area contributed by atoms with Crippen molar-refractivity contribution in [2.24, 2.45) is 11.7 Å². The van der Waals surface area contributed by atoms with Crippen LogP contribution in [0.25, 0.3) is 0 Å². The summed E-state index contributed by atoms with van der Waals surface area (Å²) in [6.07, 6.45) is 6.79. The molecule has 0 aromatic rings. The van der Waals surface area contributed by atoms with E-state index in [1.54, 1.807) is 0 Å². The lowest BCUT2D eigenvalue weighted by molar-refractivity contribution is -0.00214. The highest BCUT2D eigenvalue weighted by molar-refractivity contribution is 5.82. The van der Waals surface area contributed by atoms with E-state index >= 15 is 0 Å². The summed E-state index contributed by atoms with van der Waals surface area (Å²) >= 11 is 0. The SMILES string of the molecule is N=C(N)C1CN(CC2CCCCC2)CCO1. The third-order valence-electron chi connectivity index (χ3n) is 3.74. The average molecular weight is 225 g/mol. The van der Waals surface area contributed by atoms with Crippen LogP contribution in [0.15, 0.2) is 0 Å². The van der Waals surface area contributed by atoms with Gasteiger partial charge in [-0.05, 0) is 18.8 Å². The smallest absolute Gasteiger partial charge is 0.127 e. The number of amidine groups is 1. The fourth-order valence-electron chi connectivity index (χ4n) is 2.79. The number of ether oxygens (including phenoxy) is 1. The molecule has 92 valence electrons. The molecule has 1 heterocycles. The summed E-state index contributed by atoms with van der Waals surface area (Å²) in [7, 11) is 0. The Morgan fingerprint density at radius 1 is 1.31 bits per heavy atom. The van der Waals surface area contributed by atoms with Gasteiger partial charge in [-0.3, -0.25) is 10.3 Å². The number of hydrogen-bond donors (Lipinski definition) is 2. The minimum atomic E-state index is -0.169. The molecule has 0 bridgehead atoms. The molecule has 2 fully saturated rings. The number of nitrogens with zero attached hydrogens (tertiary/aromatic N) is 1. The maximum atomic E-state index is 7.42. The first-order valence-corrected chi connectivity index (χ1v) is 6.43. The fraction of sp³-hybridized carbons (Fsp3) is 0.917. The molecule has 2 aliphatic rings. The Balaban J connectivity index is 1.78. The van der Waals surface area contributed by atoms with Crippen LogP contribution in [0.1, 0.15) is 32.1 Å². The van der Waals surface area contributed by atoms with Gasteiger partial charge in [0.05, 0.1) is 6.61 Å². The van der Waals surface area contributed by atoms with E-state index in [-0.39, 0.29) is 11.9 Å². The summed E-state index contributed by atoms with van der Waals surface area (Å²) in [4.78, 5) is 2.42. The van der Waals surface area contributed by atoms with Gasteiger partial charge >= 0.3 is 0 Å². The van der Waals surface area contributed by atoms with E-state index in [2.05, 4.69) is 4.90 Å². The van der Waals surface area contributed by atoms with E-state index < -0.39 is 0 Å². The molecule has 1 unspecified atom stereocenters. The molecule has 1 atom stereocenters. The van der Waals surface area contributed by atoms with E-state index in [9.17, 15) is 0 Å². The summed E-state index contributed by atoms with van der Waals surface area (Å²) in [6.45, 7) is 3.70. The van der Waals surface area contributed by atoms with Crippen molar-refractivity contribution in [3.8, 4) is 0 Å². The topological polar surface area (TPSA) is 62.3 Å². The third kappa shape index (κ3) is 3.19. The summed E-state index contributed by atoms with van der Waals surface area (Å²) in [5.41, 5.74) is 5.49. The van der Waals surface area contributed by atoms with Gasteiger partial charge in [0.2, 0.25) is 0 Å². The van der Waals surface area contributed by atoms with Gasteiger partial charge in [-0.2, -0.15) is 0 Å². The molecule has 0 amide bonds. The van der Waals surface area contributed by atoms with Crippen LogP contribution >= 0.6 is 0 Å². The molecule has 1 aliphatic carbocycles. The standard InChI is InChI=1S/C12H23N3O/c13-12(14)11-9-15(6-7-16-11)8-10-4-2-1-3-5-10/h10-11H,1-9H2,(H3,13,14). The second kappa shape index (κ2) is 5.64. The van der Waals surface area contributed by atoms with E-state index in [0.717, 1.165) is 25.6 Å². The van der Waals surface area contributed by atoms with Crippen LogP contribution in [0.5, 0.6) is 0 Å². The van der Waals surface area contributed by atoms with Gasteiger partial charge in [-0.1, -0.05) is 19.3 Å². The van der Waals surface area contributed by atoms with Crippen molar-refractivity contribution in [3.63, 3.8) is 0 Å². The van der Waals surface area contributed by atoms with Gasteiger partial charge in [0, 0.05) is 19.6 Å². The molecule has 0 aromatic carbocycles. The Hall–Kier alpha value is -0.610. The summed E-state index contributed by atoms with van der Waals surface area (Å²) < 4.78 is 5.47. The Morgan fingerprint density at radius 3 is 2.75 bits per heavy atom. The van der Waals surface area contributed by atoms with Crippen LogP contribution in [0.4, 0.5) is 0 Å². The molecule has 4 nitrogen and oxygen atoms in total. The van der Waals surface area contributed by atoms with Crippen molar-refractivity contribution in [2.75, 3.05) is 26.2 Å². The number of nitrogens with one attached hydrogen (secondary N) is 1. The zero-order chi connectivity index (χ0) is 11.4. The van der Waals surface area contributed by atoms with E-state index in [4.69, 9.17) is 15.9 Å². The molecule has 4 heteroatoms. The van der Waals surface area contributed by atoms with Crippen LogP contribution in [-0.2, 0) is 4.74 Å². The normalized spacial score (nSPS) is 29.1. The maximum Gasteiger partial charge on any atom is 0.127 e. The molecule has 0 aromatic heterocycles. The largest absolute Gasteiger partial charge is 0.385 e. The van der Waals surface area contributed by atoms with Crippen LogP contribution in [-0.4, -0.2) is 43.1 Å². The molecule has 16 heavy (non-hydrogen) atoms. The molecule has 2 rings (SSSR count).